The van der Waals surface area contributed by atoms with Gasteiger partial charge in [-0.2, -0.15) is 0 Å². The molecule has 1 N–H and O–H groups in total. The number of fused-ring (bicyclic) bond motifs is 1. The molecule has 0 bridgehead atoms. The van der Waals surface area contributed by atoms with Crippen LogP contribution in [-0.4, -0.2) is 21.8 Å². The van der Waals surface area contributed by atoms with Gasteiger partial charge in [0.2, 0.25) is 0 Å². The van der Waals surface area contributed by atoms with Crippen LogP contribution >= 0.6 is 0 Å². The van der Waals surface area contributed by atoms with Gasteiger partial charge in [-0.15, -0.1) is 0 Å². The molecule has 3 aromatic carbocycles. The predicted octanol–water partition coefficient (Wildman–Crippen LogP) is 4.35. The molecule has 0 amide bonds. The van der Waals surface area contributed by atoms with Crippen molar-refractivity contribution in [1.82, 2.24) is 9.55 Å². The summed E-state index contributed by atoms with van der Waals surface area (Å²) in [5, 5.41) is 12.1. The number of hydrogen-bond donors (Lipinski definition) is 1. The zero-order chi connectivity index (χ0) is 18.9. The van der Waals surface area contributed by atoms with Crippen LogP contribution in [0.5, 0.6) is 5.75 Å². The Bertz CT molecular complexity index is 1020. The minimum absolute atomic E-state index is 0.585. The quantitative estimate of drug-likeness (QED) is 0.577. The molecule has 0 aliphatic carbocycles. The van der Waals surface area contributed by atoms with Crippen LogP contribution in [-0.2, 0) is 12.1 Å². The molecule has 0 atom stereocenters. The summed E-state index contributed by atoms with van der Waals surface area (Å²) in [5.41, 5.74) is 1.88. The van der Waals surface area contributed by atoms with E-state index in [0.717, 1.165) is 27.9 Å². The maximum Gasteiger partial charge on any atom is 0.173 e. The number of aromatic nitrogens is 2. The Kier molecular flexibility index (Phi) is 4.42. The monoisotopic (exact) mass is 358 g/mol. The molecule has 4 nitrogen and oxygen atoms in total. The molecule has 0 saturated heterocycles. The van der Waals surface area contributed by atoms with Gasteiger partial charge < -0.3 is 14.4 Å². The highest BCUT2D eigenvalue weighted by Gasteiger charge is 2.39. The Labute approximate surface area is 158 Å². The van der Waals surface area contributed by atoms with Crippen LogP contribution in [0.4, 0.5) is 0 Å². The van der Waals surface area contributed by atoms with E-state index in [0.29, 0.717) is 12.4 Å². The lowest BCUT2D eigenvalue weighted by atomic mass is 9.85. The molecule has 0 unspecified atom stereocenters. The van der Waals surface area contributed by atoms with E-state index in [9.17, 15) is 5.11 Å². The van der Waals surface area contributed by atoms with Gasteiger partial charge in [0, 0.05) is 6.54 Å². The molecule has 4 heteroatoms. The lowest BCUT2D eigenvalue weighted by molar-refractivity contribution is 0.112. The van der Waals surface area contributed by atoms with E-state index in [4.69, 9.17) is 9.72 Å². The zero-order valence-corrected chi connectivity index (χ0v) is 15.5. The first-order chi connectivity index (χ1) is 13.2. The summed E-state index contributed by atoms with van der Waals surface area (Å²) < 4.78 is 7.60. The molecule has 136 valence electrons. The van der Waals surface area contributed by atoms with Gasteiger partial charge in [0.05, 0.1) is 12.6 Å². The van der Waals surface area contributed by atoms with E-state index < -0.39 is 5.60 Å². The predicted molar refractivity (Wildman–Crippen MR) is 107 cm³/mol. The second kappa shape index (κ2) is 6.89. The summed E-state index contributed by atoms with van der Waals surface area (Å²) in [7, 11) is 1.65. The first-order valence-electron chi connectivity index (χ1n) is 9.07. The van der Waals surface area contributed by atoms with E-state index in [1.54, 1.807) is 7.11 Å². The number of nitrogens with zero attached hydrogens (tertiary/aromatic N) is 2. The van der Waals surface area contributed by atoms with Crippen LogP contribution < -0.4 is 4.74 Å². The smallest absolute Gasteiger partial charge is 0.173 e. The molecular formula is C23H22N2O2. The Morgan fingerprint density at radius 1 is 0.889 bits per heavy atom. The third-order valence-electron chi connectivity index (χ3n) is 4.97. The van der Waals surface area contributed by atoms with Crippen molar-refractivity contribution in [3.05, 3.63) is 95.8 Å². The summed E-state index contributed by atoms with van der Waals surface area (Å²) in [4.78, 5) is 4.85. The van der Waals surface area contributed by atoms with Gasteiger partial charge in [0.15, 0.2) is 11.4 Å². The van der Waals surface area contributed by atoms with E-state index in [-0.39, 0.29) is 0 Å². The van der Waals surface area contributed by atoms with Crippen LogP contribution in [0.2, 0.25) is 0 Å². The maximum atomic E-state index is 12.1. The molecule has 0 aliphatic rings. The molecule has 1 heterocycles. The summed E-state index contributed by atoms with van der Waals surface area (Å²) in [6, 6.07) is 25.1. The van der Waals surface area contributed by atoms with Gasteiger partial charge in [-0.05, 0) is 30.2 Å². The number of imidazole rings is 1. The van der Waals surface area contributed by atoms with Gasteiger partial charge in [-0.3, -0.25) is 0 Å². The third kappa shape index (κ3) is 2.69. The highest BCUT2D eigenvalue weighted by molar-refractivity contribution is 5.83. The normalized spacial score (nSPS) is 11.7. The fraction of sp³-hybridized carbons (Fsp3) is 0.174. The maximum absolute atomic E-state index is 12.1. The summed E-state index contributed by atoms with van der Waals surface area (Å²) in [6.07, 6.45) is 0. The lowest BCUT2D eigenvalue weighted by Gasteiger charge is -2.29. The standard InChI is InChI=1S/C23H22N2O2/c1-3-25-21-19(15-10-16-20(21)27-2)24-22(25)23(26,17-11-6-4-7-12-17)18-13-8-5-9-14-18/h4-16,26H,3H2,1-2H3. The molecule has 0 saturated carbocycles. The zero-order valence-electron chi connectivity index (χ0n) is 15.5. The minimum atomic E-state index is -1.37. The number of para-hydroxylation sites is 1. The van der Waals surface area contributed by atoms with Crippen molar-refractivity contribution in [3.8, 4) is 5.75 Å². The average Bonchev–Trinajstić information content (AvgIpc) is 3.13. The van der Waals surface area contributed by atoms with Crippen LogP contribution in [0.25, 0.3) is 11.0 Å². The number of aryl methyl sites for hydroxylation is 1. The number of ether oxygens (including phenoxy) is 1. The fourth-order valence-electron chi connectivity index (χ4n) is 3.68. The van der Waals surface area contributed by atoms with Gasteiger partial charge >= 0.3 is 0 Å². The van der Waals surface area contributed by atoms with Gasteiger partial charge in [0.1, 0.15) is 11.3 Å². The molecule has 0 fully saturated rings. The second-order valence-electron chi connectivity index (χ2n) is 6.45. The number of methoxy groups -OCH3 is 1. The third-order valence-corrected chi connectivity index (χ3v) is 4.97. The first kappa shape index (κ1) is 17.3. The largest absolute Gasteiger partial charge is 0.494 e. The Balaban J connectivity index is 2.08. The van der Waals surface area contributed by atoms with Crippen molar-refractivity contribution < 1.29 is 9.84 Å². The molecular weight excluding hydrogens is 336 g/mol. The molecule has 0 aliphatic heterocycles. The van der Waals surface area contributed by atoms with E-state index in [1.165, 1.54) is 0 Å². The average molecular weight is 358 g/mol. The Morgan fingerprint density at radius 2 is 1.48 bits per heavy atom. The van der Waals surface area contributed by atoms with Gasteiger partial charge in [-0.25, -0.2) is 4.98 Å². The number of hydrogen-bond acceptors (Lipinski definition) is 3. The van der Waals surface area contributed by atoms with Crippen molar-refractivity contribution >= 4 is 11.0 Å². The minimum Gasteiger partial charge on any atom is -0.494 e. The summed E-state index contributed by atoms with van der Waals surface area (Å²) in [5.74, 6) is 1.33. The molecule has 0 radical (unpaired) electrons. The van der Waals surface area contributed by atoms with Crippen molar-refractivity contribution in [1.29, 1.82) is 0 Å². The van der Waals surface area contributed by atoms with E-state index >= 15 is 0 Å². The van der Waals surface area contributed by atoms with E-state index in [2.05, 4.69) is 0 Å². The summed E-state index contributed by atoms with van der Waals surface area (Å²) in [6.45, 7) is 2.71. The first-order valence-corrected chi connectivity index (χ1v) is 9.07. The highest BCUT2D eigenvalue weighted by atomic mass is 16.5. The van der Waals surface area contributed by atoms with Crippen LogP contribution in [0.15, 0.2) is 78.9 Å². The Hall–Kier alpha value is -3.11. The lowest BCUT2D eigenvalue weighted by Crippen LogP contribution is -2.32. The fourth-order valence-corrected chi connectivity index (χ4v) is 3.68. The molecule has 4 aromatic rings. The molecule has 4 rings (SSSR count). The van der Waals surface area contributed by atoms with Crippen LogP contribution in [0.1, 0.15) is 23.9 Å². The number of aliphatic hydroxyl groups is 1. The number of benzene rings is 3. The second-order valence-corrected chi connectivity index (χ2v) is 6.45. The molecule has 27 heavy (non-hydrogen) atoms. The van der Waals surface area contributed by atoms with Crippen LogP contribution in [0, 0.1) is 0 Å². The van der Waals surface area contributed by atoms with Crippen molar-refractivity contribution in [2.24, 2.45) is 0 Å². The van der Waals surface area contributed by atoms with Gasteiger partial charge in [0.25, 0.3) is 0 Å². The van der Waals surface area contributed by atoms with Crippen LogP contribution in [0.3, 0.4) is 0 Å². The topological polar surface area (TPSA) is 47.3 Å². The summed E-state index contributed by atoms with van der Waals surface area (Å²) >= 11 is 0. The van der Waals surface area contributed by atoms with E-state index in [1.807, 2.05) is 90.4 Å². The molecule has 1 aromatic heterocycles. The number of rotatable bonds is 5. The highest BCUT2D eigenvalue weighted by Crippen LogP contribution is 2.39. The Morgan fingerprint density at radius 3 is 2.00 bits per heavy atom. The molecule has 0 spiro atoms. The SMILES string of the molecule is CCn1c(C(O)(c2ccccc2)c2ccccc2)nc2cccc(OC)c21. The van der Waals surface area contributed by atoms with Crippen molar-refractivity contribution in [3.63, 3.8) is 0 Å². The van der Waals surface area contributed by atoms with Crippen molar-refractivity contribution in [2.75, 3.05) is 7.11 Å². The van der Waals surface area contributed by atoms with Crippen molar-refractivity contribution in [2.45, 2.75) is 19.1 Å². The van der Waals surface area contributed by atoms with Gasteiger partial charge in [-0.1, -0.05) is 66.7 Å².